The van der Waals surface area contributed by atoms with Gasteiger partial charge in [-0.2, -0.15) is 0 Å². The average molecular weight is 286 g/mol. The SMILES string of the molecule is CCOCC1=C(F)C(n2ccc(=O)[nH]c2=O)[C@H](O)[C@@H]1O. The lowest BCUT2D eigenvalue weighted by Gasteiger charge is -2.19. The van der Waals surface area contributed by atoms with E-state index < -0.39 is 35.3 Å². The molecule has 1 heterocycles. The Balaban J connectivity index is 2.43. The minimum Gasteiger partial charge on any atom is -0.387 e. The predicted octanol–water partition coefficient (Wildman–Crippen LogP) is -0.927. The highest BCUT2D eigenvalue weighted by atomic mass is 19.1. The van der Waals surface area contributed by atoms with Gasteiger partial charge in [0, 0.05) is 24.4 Å². The highest BCUT2D eigenvalue weighted by Crippen LogP contribution is 2.36. The van der Waals surface area contributed by atoms with Gasteiger partial charge in [0.05, 0.1) is 6.61 Å². The molecule has 0 aromatic carbocycles. The maximum absolute atomic E-state index is 14.3. The van der Waals surface area contributed by atoms with Crippen molar-refractivity contribution in [3.05, 3.63) is 44.5 Å². The van der Waals surface area contributed by atoms with Crippen LogP contribution >= 0.6 is 0 Å². The molecule has 0 aliphatic heterocycles. The zero-order valence-corrected chi connectivity index (χ0v) is 10.7. The molecule has 0 amide bonds. The maximum atomic E-state index is 14.3. The number of aliphatic hydroxyl groups excluding tert-OH is 2. The number of hydrogen-bond donors (Lipinski definition) is 3. The second-order valence-corrected chi connectivity index (χ2v) is 4.41. The van der Waals surface area contributed by atoms with Gasteiger partial charge in [-0.3, -0.25) is 14.3 Å². The number of rotatable bonds is 4. The lowest BCUT2D eigenvalue weighted by molar-refractivity contribution is 0.0214. The van der Waals surface area contributed by atoms with Gasteiger partial charge < -0.3 is 14.9 Å². The molecule has 0 bridgehead atoms. The molecule has 110 valence electrons. The normalized spacial score (nSPS) is 26.3. The predicted molar refractivity (Wildman–Crippen MR) is 67.0 cm³/mol. The largest absolute Gasteiger partial charge is 0.387 e. The van der Waals surface area contributed by atoms with Crippen LogP contribution in [0.4, 0.5) is 4.39 Å². The van der Waals surface area contributed by atoms with Crippen molar-refractivity contribution in [1.29, 1.82) is 0 Å². The third-order valence-electron chi connectivity index (χ3n) is 3.18. The number of halogens is 1. The maximum Gasteiger partial charge on any atom is 0.329 e. The van der Waals surface area contributed by atoms with Gasteiger partial charge in [-0.15, -0.1) is 0 Å². The molecule has 0 radical (unpaired) electrons. The molecule has 1 unspecified atom stereocenters. The fourth-order valence-electron chi connectivity index (χ4n) is 2.16. The summed E-state index contributed by atoms with van der Waals surface area (Å²) in [5.41, 5.74) is -1.58. The second-order valence-electron chi connectivity index (χ2n) is 4.41. The van der Waals surface area contributed by atoms with E-state index in [1.807, 2.05) is 4.98 Å². The molecule has 20 heavy (non-hydrogen) atoms. The Morgan fingerprint density at radius 1 is 1.45 bits per heavy atom. The molecule has 1 aliphatic rings. The van der Waals surface area contributed by atoms with Gasteiger partial charge in [0.15, 0.2) is 0 Å². The molecule has 1 aromatic rings. The summed E-state index contributed by atoms with van der Waals surface area (Å²) in [6.07, 6.45) is -1.90. The Kier molecular flexibility index (Phi) is 4.17. The fourth-order valence-corrected chi connectivity index (χ4v) is 2.16. The number of hydrogen-bond acceptors (Lipinski definition) is 5. The molecule has 3 N–H and O–H groups in total. The van der Waals surface area contributed by atoms with Gasteiger partial charge >= 0.3 is 5.69 Å². The van der Waals surface area contributed by atoms with Crippen molar-refractivity contribution >= 4 is 0 Å². The molecule has 8 heteroatoms. The van der Waals surface area contributed by atoms with Crippen LogP contribution < -0.4 is 11.2 Å². The summed E-state index contributed by atoms with van der Waals surface area (Å²) < 4.78 is 20.1. The molecule has 1 aliphatic carbocycles. The summed E-state index contributed by atoms with van der Waals surface area (Å²) in [6, 6.07) is -0.335. The second kappa shape index (κ2) is 5.70. The molecule has 0 saturated carbocycles. The van der Waals surface area contributed by atoms with E-state index in [1.165, 1.54) is 0 Å². The number of aliphatic hydroxyl groups is 2. The Hall–Kier alpha value is -1.77. The molecule has 0 saturated heterocycles. The van der Waals surface area contributed by atoms with E-state index in [0.29, 0.717) is 6.61 Å². The lowest BCUT2D eigenvalue weighted by Crippen LogP contribution is -2.38. The molecule has 1 aromatic heterocycles. The molecule has 0 fully saturated rings. The van der Waals surface area contributed by atoms with E-state index in [9.17, 15) is 24.2 Å². The number of H-pyrrole nitrogens is 1. The summed E-state index contributed by atoms with van der Waals surface area (Å²) in [5, 5.41) is 19.7. The van der Waals surface area contributed by atoms with Crippen LogP contribution in [0.2, 0.25) is 0 Å². The van der Waals surface area contributed by atoms with Gasteiger partial charge in [-0.1, -0.05) is 0 Å². The number of aromatic nitrogens is 2. The van der Waals surface area contributed by atoms with Crippen LogP contribution in [0.3, 0.4) is 0 Å². The zero-order chi connectivity index (χ0) is 14.9. The molecule has 0 spiro atoms. The van der Waals surface area contributed by atoms with Crippen molar-refractivity contribution in [2.75, 3.05) is 13.2 Å². The first kappa shape index (κ1) is 14.6. The van der Waals surface area contributed by atoms with Crippen LogP contribution in [0, 0.1) is 0 Å². The Morgan fingerprint density at radius 2 is 2.15 bits per heavy atom. The number of nitrogens with one attached hydrogen (secondary N) is 1. The van der Waals surface area contributed by atoms with Crippen molar-refractivity contribution in [3.8, 4) is 0 Å². The standard InChI is InChI=1S/C12H15FN2O5/c1-2-20-5-6-8(13)9(11(18)10(6)17)15-4-3-7(16)14-12(15)19/h3-4,9-11,17-18H,2,5H2,1H3,(H,14,16,19)/t9?,10-,11+/m1/s1. The van der Waals surface area contributed by atoms with Gasteiger partial charge in [0.25, 0.3) is 5.56 Å². The van der Waals surface area contributed by atoms with E-state index in [2.05, 4.69) is 0 Å². The average Bonchev–Trinajstić information content (AvgIpc) is 2.60. The minimum atomic E-state index is -1.52. The fraction of sp³-hybridized carbons (Fsp3) is 0.500. The first-order valence-electron chi connectivity index (χ1n) is 6.11. The van der Waals surface area contributed by atoms with Crippen LogP contribution in [0.1, 0.15) is 13.0 Å². The Labute approximate surface area is 112 Å². The number of nitrogens with zero attached hydrogens (tertiary/aromatic N) is 1. The zero-order valence-electron chi connectivity index (χ0n) is 10.7. The summed E-state index contributed by atoms with van der Waals surface area (Å²) in [6.45, 7) is 1.86. The summed E-state index contributed by atoms with van der Waals surface area (Å²) >= 11 is 0. The van der Waals surface area contributed by atoms with E-state index >= 15 is 0 Å². The van der Waals surface area contributed by atoms with Gasteiger partial charge in [-0.05, 0) is 6.92 Å². The van der Waals surface area contributed by atoms with Crippen LogP contribution in [0.25, 0.3) is 0 Å². The minimum absolute atomic E-state index is 0.0950. The van der Waals surface area contributed by atoms with Crippen LogP contribution in [-0.2, 0) is 4.74 Å². The van der Waals surface area contributed by atoms with Crippen LogP contribution in [0.15, 0.2) is 33.3 Å². The topological polar surface area (TPSA) is 105 Å². The Morgan fingerprint density at radius 3 is 2.75 bits per heavy atom. The number of ether oxygens (including phenoxy) is 1. The van der Waals surface area contributed by atoms with E-state index in [-0.39, 0.29) is 12.2 Å². The Bertz CT molecular complexity index is 635. The van der Waals surface area contributed by atoms with E-state index in [0.717, 1.165) is 16.8 Å². The third-order valence-corrected chi connectivity index (χ3v) is 3.18. The quantitative estimate of drug-likeness (QED) is 0.663. The molecule has 7 nitrogen and oxygen atoms in total. The van der Waals surface area contributed by atoms with Crippen molar-refractivity contribution in [2.45, 2.75) is 25.2 Å². The molecular weight excluding hydrogens is 271 g/mol. The molecular formula is C12H15FN2O5. The summed E-state index contributed by atoms with van der Waals surface area (Å²) in [7, 11) is 0. The molecule has 2 rings (SSSR count). The number of aromatic amines is 1. The van der Waals surface area contributed by atoms with Crippen molar-refractivity contribution in [3.63, 3.8) is 0 Å². The first-order chi connectivity index (χ1) is 9.47. The smallest absolute Gasteiger partial charge is 0.329 e. The first-order valence-corrected chi connectivity index (χ1v) is 6.11. The third kappa shape index (κ3) is 2.45. The van der Waals surface area contributed by atoms with Crippen molar-refractivity contribution < 1.29 is 19.3 Å². The van der Waals surface area contributed by atoms with Gasteiger partial charge in [-0.25, -0.2) is 9.18 Å². The monoisotopic (exact) mass is 286 g/mol. The lowest BCUT2D eigenvalue weighted by atomic mass is 10.1. The molecule has 3 atom stereocenters. The summed E-state index contributed by atoms with van der Waals surface area (Å²) in [5.74, 6) is -0.826. The van der Waals surface area contributed by atoms with Crippen LogP contribution in [0.5, 0.6) is 0 Å². The van der Waals surface area contributed by atoms with Gasteiger partial charge in [0.1, 0.15) is 24.1 Å². The highest BCUT2D eigenvalue weighted by Gasteiger charge is 2.43. The highest BCUT2D eigenvalue weighted by molar-refractivity contribution is 5.28. The van der Waals surface area contributed by atoms with Crippen molar-refractivity contribution in [1.82, 2.24) is 9.55 Å². The van der Waals surface area contributed by atoms with E-state index in [4.69, 9.17) is 4.74 Å². The van der Waals surface area contributed by atoms with Gasteiger partial charge in [0.2, 0.25) is 0 Å². The van der Waals surface area contributed by atoms with Crippen molar-refractivity contribution in [2.24, 2.45) is 0 Å². The van der Waals surface area contributed by atoms with Crippen LogP contribution in [-0.4, -0.2) is 45.2 Å². The summed E-state index contributed by atoms with van der Waals surface area (Å²) in [4.78, 5) is 24.6. The van der Waals surface area contributed by atoms with E-state index in [1.54, 1.807) is 6.92 Å².